The molecule has 6 nitrogen and oxygen atoms in total. The van der Waals surface area contributed by atoms with Gasteiger partial charge in [-0.1, -0.05) is 0 Å². The normalized spacial score (nSPS) is 21.7. The highest BCUT2D eigenvalue weighted by molar-refractivity contribution is 5.78. The van der Waals surface area contributed by atoms with Gasteiger partial charge in [0.2, 0.25) is 5.91 Å². The molecule has 3 rings (SSSR count). The van der Waals surface area contributed by atoms with E-state index in [1.165, 1.54) is 12.8 Å². The minimum atomic E-state index is 0.186. The zero-order chi connectivity index (χ0) is 17.6. The summed E-state index contributed by atoms with van der Waals surface area (Å²) >= 11 is 0. The van der Waals surface area contributed by atoms with Crippen LogP contribution in [-0.2, 0) is 11.3 Å². The van der Waals surface area contributed by atoms with Crippen LogP contribution in [0.1, 0.15) is 24.8 Å². The summed E-state index contributed by atoms with van der Waals surface area (Å²) in [5.74, 6) is 1.03. The molecule has 1 saturated carbocycles. The van der Waals surface area contributed by atoms with Gasteiger partial charge in [-0.25, -0.2) is 0 Å². The number of hydrogen-bond donors (Lipinski definition) is 1. The van der Waals surface area contributed by atoms with E-state index in [1.807, 2.05) is 24.1 Å². The number of likely N-dealkylation sites (N-methyl/N-ethyl adjacent to an activating group) is 1. The summed E-state index contributed by atoms with van der Waals surface area (Å²) in [4.78, 5) is 23.2. The fraction of sp³-hybridized carbons (Fsp3) is 0.684. The molecule has 0 radical (unpaired) electrons. The number of rotatable bonds is 8. The molecule has 0 aromatic carbocycles. The fourth-order valence-electron chi connectivity index (χ4n) is 3.60. The first-order valence-corrected chi connectivity index (χ1v) is 9.36. The minimum absolute atomic E-state index is 0.186. The molecule has 25 heavy (non-hydrogen) atoms. The topological polar surface area (TPSA) is 59.9 Å². The Morgan fingerprint density at radius 2 is 2.08 bits per heavy atom. The van der Waals surface area contributed by atoms with Gasteiger partial charge >= 0.3 is 0 Å². The molecule has 138 valence electrons. The first-order valence-electron chi connectivity index (χ1n) is 9.36. The molecule has 0 unspecified atom stereocenters. The third-order valence-corrected chi connectivity index (χ3v) is 5.22. The molecule has 2 heterocycles. The van der Waals surface area contributed by atoms with Gasteiger partial charge in [0.25, 0.3) is 0 Å². The third-order valence-electron chi connectivity index (χ3n) is 5.22. The number of aliphatic hydroxyl groups excluding tert-OH is 1. The van der Waals surface area contributed by atoms with Gasteiger partial charge in [0.1, 0.15) is 0 Å². The Labute approximate surface area is 150 Å². The van der Waals surface area contributed by atoms with Gasteiger partial charge in [0, 0.05) is 57.8 Å². The van der Waals surface area contributed by atoms with Crippen LogP contribution in [0, 0.1) is 5.92 Å². The quantitative estimate of drug-likeness (QED) is 0.755. The summed E-state index contributed by atoms with van der Waals surface area (Å²) in [5.41, 5.74) is 1.16. The number of piperazine rings is 1. The maximum Gasteiger partial charge on any atom is 0.236 e. The van der Waals surface area contributed by atoms with E-state index in [0.29, 0.717) is 12.6 Å². The van der Waals surface area contributed by atoms with Crippen molar-refractivity contribution in [2.24, 2.45) is 5.92 Å². The smallest absolute Gasteiger partial charge is 0.236 e. The number of carbonyl (C=O) groups is 1. The molecule has 1 N–H and O–H groups in total. The number of nitrogens with zero attached hydrogens (tertiary/aromatic N) is 4. The Balaban J connectivity index is 1.49. The maximum atomic E-state index is 12.7. The molecule has 0 bridgehead atoms. The summed E-state index contributed by atoms with van der Waals surface area (Å²) in [5, 5.41) is 9.38. The first-order chi connectivity index (χ1) is 12.2. The van der Waals surface area contributed by atoms with Crippen LogP contribution in [0.15, 0.2) is 24.5 Å². The zero-order valence-corrected chi connectivity index (χ0v) is 15.2. The lowest BCUT2D eigenvalue weighted by Gasteiger charge is -2.42. The average Bonchev–Trinajstić information content (AvgIpc) is 3.41. The van der Waals surface area contributed by atoms with E-state index >= 15 is 0 Å². The number of aromatic nitrogens is 1. The third kappa shape index (κ3) is 5.49. The monoisotopic (exact) mass is 346 g/mol. The second kappa shape index (κ2) is 8.74. The molecular weight excluding hydrogens is 316 g/mol. The van der Waals surface area contributed by atoms with Crippen LogP contribution in [0.2, 0.25) is 0 Å². The van der Waals surface area contributed by atoms with Crippen molar-refractivity contribution in [2.45, 2.75) is 31.8 Å². The van der Waals surface area contributed by atoms with E-state index in [1.54, 1.807) is 12.4 Å². The largest absolute Gasteiger partial charge is 0.396 e. The second-order valence-electron chi connectivity index (χ2n) is 7.47. The SMILES string of the molecule is CN(CC(=O)N1CCN(CC2CC2)[C@H](CCO)C1)Cc1ccncc1. The number of hydrogen-bond acceptors (Lipinski definition) is 5. The highest BCUT2D eigenvalue weighted by Gasteiger charge is 2.33. The van der Waals surface area contributed by atoms with E-state index in [-0.39, 0.29) is 12.5 Å². The van der Waals surface area contributed by atoms with Crippen LogP contribution in [-0.4, -0.2) is 83.1 Å². The molecule has 1 aliphatic heterocycles. The molecule has 1 aliphatic carbocycles. The fourth-order valence-corrected chi connectivity index (χ4v) is 3.60. The van der Waals surface area contributed by atoms with Crippen molar-refractivity contribution in [2.75, 3.05) is 46.4 Å². The average molecular weight is 346 g/mol. The number of aliphatic hydroxyl groups is 1. The summed E-state index contributed by atoms with van der Waals surface area (Å²) in [7, 11) is 1.98. The van der Waals surface area contributed by atoms with Crippen molar-refractivity contribution < 1.29 is 9.90 Å². The van der Waals surface area contributed by atoms with Gasteiger partial charge in [-0.05, 0) is 49.9 Å². The minimum Gasteiger partial charge on any atom is -0.396 e. The summed E-state index contributed by atoms with van der Waals surface area (Å²) < 4.78 is 0. The van der Waals surface area contributed by atoms with Crippen LogP contribution in [0.3, 0.4) is 0 Å². The molecule has 6 heteroatoms. The maximum absolute atomic E-state index is 12.7. The lowest BCUT2D eigenvalue weighted by molar-refractivity contribution is -0.135. The zero-order valence-electron chi connectivity index (χ0n) is 15.2. The Kier molecular flexibility index (Phi) is 6.39. The van der Waals surface area contributed by atoms with Crippen LogP contribution >= 0.6 is 0 Å². The van der Waals surface area contributed by atoms with Crippen LogP contribution in [0.4, 0.5) is 0 Å². The van der Waals surface area contributed by atoms with Gasteiger partial charge in [-0.3, -0.25) is 19.6 Å². The Hall–Kier alpha value is -1.50. The van der Waals surface area contributed by atoms with Crippen molar-refractivity contribution in [3.05, 3.63) is 30.1 Å². The summed E-state index contributed by atoms with van der Waals surface area (Å²) in [6.07, 6.45) is 6.99. The molecule has 1 aromatic heterocycles. The van der Waals surface area contributed by atoms with Crippen molar-refractivity contribution >= 4 is 5.91 Å². The van der Waals surface area contributed by atoms with E-state index < -0.39 is 0 Å². The van der Waals surface area contributed by atoms with Crippen molar-refractivity contribution in [1.82, 2.24) is 19.7 Å². The van der Waals surface area contributed by atoms with Crippen LogP contribution in [0.5, 0.6) is 0 Å². The second-order valence-corrected chi connectivity index (χ2v) is 7.47. The molecule has 1 amide bonds. The lowest BCUT2D eigenvalue weighted by atomic mass is 10.1. The lowest BCUT2D eigenvalue weighted by Crippen LogP contribution is -2.56. The Bertz CT molecular complexity index is 550. The van der Waals surface area contributed by atoms with Crippen molar-refractivity contribution in [1.29, 1.82) is 0 Å². The molecular formula is C19H30N4O2. The molecule has 0 spiro atoms. The molecule has 2 aliphatic rings. The van der Waals surface area contributed by atoms with Gasteiger partial charge in [-0.2, -0.15) is 0 Å². The van der Waals surface area contributed by atoms with E-state index in [0.717, 1.165) is 50.6 Å². The van der Waals surface area contributed by atoms with Crippen LogP contribution in [0.25, 0.3) is 0 Å². The molecule has 1 atom stereocenters. The summed E-state index contributed by atoms with van der Waals surface area (Å²) in [6.45, 7) is 4.98. The van der Waals surface area contributed by atoms with Gasteiger partial charge in [0.15, 0.2) is 0 Å². The number of carbonyl (C=O) groups excluding carboxylic acids is 1. The van der Waals surface area contributed by atoms with Crippen molar-refractivity contribution in [3.63, 3.8) is 0 Å². The Morgan fingerprint density at radius 3 is 2.76 bits per heavy atom. The van der Waals surface area contributed by atoms with Gasteiger partial charge in [0.05, 0.1) is 6.54 Å². The highest BCUT2D eigenvalue weighted by atomic mass is 16.3. The molecule has 1 saturated heterocycles. The number of amides is 1. The molecule has 1 aromatic rings. The molecule has 2 fully saturated rings. The van der Waals surface area contributed by atoms with Crippen molar-refractivity contribution in [3.8, 4) is 0 Å². The van der Waals surface area contributed by atoms with E-state index in [9.17, 15) is 9.90 Å². The van der Waals surface area contributed by atoms with Gasteiger partial charge < -0.3 is 10.0 Å². The van der Waals surface area contributed by atoms with Crippen LogP contribution < -0.4 is 0 Å². The first kappa shape index (κ1) is 18.3. The number of pyridine rings is 1. The highest BCUT2D eigenvalue weighted by Crippen LogP contribution is 2.31. The van der Waals surface area contributed by atoms with E-state index in [2.05, 4.69) is 14.8 Å². The standard InChI is InChI=1S/C19H30N4O2/c1-21(12-17-4-7-20-8-5-17)15-19(25)23-10-9-22(13-16-2-3-16)18(14-23)6-11-24/h4-5,7-8,16,18,24H,2-3,6,9-15H2,1H3/t18-/m1/s1. The predicted octanol–water partition coefficient (Wildman–Crippen LogP) is 0.819. The van der Waals surface area contributed by atoms with Gasteiger partial charge in [-0.15, -0.1) is 0 Å². The Morgan fingerprint density at radius 1 is 1.32 bits per heavy atom. The van der Waals surface area contributed by atoms with E-state index in [4.69, 9.17) is 0 Å². The predicted molar refractivity (Wildman–Crippen MR) is 96.9 cm³/mol. The summed E-state index contributed by atoms with van der Waals surface area (Å²) in [6, 6.07) is 4.26.